The molecule has 0 fully saturated rings. The Morgan fingerprint density at radius 1 is 0.962 bits per heavy atom. The lowest BCUT2D eigenvalue weighted by molar-refractivity contribution is -0.132. The molecule has 0 aliphatic rings. The van der Waals surface area contributed by atoms with Gasteiger partial charge in [0, 0.05) is 29.1 Å². The van der Waals surface area contributed by atoms with Crippen molar-refractivity contribution < 1.29 is 4.79 Å². The molecule has 2 N–H and O–H groups in total. The number of aromatic nitrogens is 1. The average molecular weight is 348 g/mol. The lowest BCUT2D eigenvalue weighted by Crippen LogP contribution is -2.49. The van der Waals surface area contributed by atoms with E-state index in [1.54, 1.807) is 0 Å². The second-order valence-electron chi connectivity index (χ2n) is 7.98. The molecule has 136 valence electrons. The second kappa shape index (κ2) is 6.99. The van der Waals surface area contributed by atoms with Crippen LogP contribution in [0.5, 0.6) is 0 Å². The van der Waals surface area contributed by atoms with E-state index < -0.39 is 5.41 Å². The summed E-state index contributed by atoms with van der Waals surface area (Å²) >= 11 is 0. The smallest absolute Gasteiger partial charge is 0.226 e. The fraction of sp³-hybridized carbons (Fsp3) is 0.348. The van der Waals surface area contributed by atoms with Crippen molar-refractivity contribution in [2.75, 3.05) is 6.54 Å². The Morgan fingerprint density at radius 3 is 2.35 bits per heavy atom. The van der Waals surface area contributed by atoms with Crippen LogP contribution >= 0.6 is 0 Å². The van der Waals surface area contributed by atoms with Crippen LogP contribution in [0.2, 0.25) is 0 Å². The largest absolute Gasteiger partial charge is 0.361 e. The number of benzene rings is 2. The van der Waals surface area contributed by atoms with Crippen molar-refractivity contribution in [2.45, 2.75) is 39.5 Å². The van der Waals surface area contributed by atoms with Crippen LogP contribution in [0.25, 0.3) is 10.9 Å². The van der Waals surface area contributed by atoms with Gasteiger partial charge >= 0.3 is 0 Å². The van der Waals surface area contributed by atoms with E-state index in [0.29, 0.717) is 6.54 Å². The van der Waals surface area contributed by atoms with Gasteiger partial charge in [-0.1, -0.05) is 76.2 Å². The van der Waals surface area contributed by atoms with Gasteiger partial charge in [0.15, 0.2) is 0 Å². The zero-order valence-corrected chi connectivity index (χ0v) is 16.1. The number of carbonyl (C=O) groups is 1. The van der Waals surface area contributed by atoms with Crippen molar-refractivity contribution >= 4 is 16.8 Å². The highest BCUT2D eigenvalue weighted by molar-refractivity contribution is 5.84. The number of nitrogens with one attached hydrogen (secondary N) is 2. The summed E-state index contributed by atoms with van der Waals surface area (Å²) in [6.45, 7) is 8.97. The Balaban J connectivity index is 1.67. The van der Waals surface area contributed by atoms with Gasteiger partial charge in [-0.05, 0) is 23.6 Å². The molecule has 1 amide bonds. The van der Waals surface area contributed by atoms with E-state index >= 15 is 0 Å². The number of fused-ring (bicyclic) bond motifs is 1. The normalized spacial score (nSPS) is 12.3. The molecule has 1 aromatic heterocycles. The highest BCUT2D eigenvalue weighted by atomic mass is 16.2. The fourth-order valence-corrected chi connectivity index (χ4v) is 3.37. The summed E-state index contributed by atoms with van der Waals surface area (Å²) in [5, 5.41) is 4.38. The molecule has 3 rings (SSSR count). The van der Waals surface area contributed by atoms with Crippen molar-refractivity contribution in [3.8, 4) is 0 Å². The fourth-order valence-electron chi connectivity index (χ4n) is 3.37. The predicted molar refractivity (Wildman–Crippen MR) is 108 cm³/mol. The maximum atomic E-state index is 13.0. The summed E-state index contributed by atoms with van der Waals surface area (Å²) in [7, 11) is 0. The molecular formula is C23H28N2O. The van der Waals surface area contributed by atoms with E-state index in [0.717, 1.165) is 11.9 Å². The van der Waals surface area contributed by atoms with Gasteiger partial charge in [0.1, 0.15) is 0 Å². The van der Waals surface area contributed by atoms with Gasteiger partial charge in [0.2, 0.25) is 5.91 Å². The average Bonchev–Trinajstić information content (AvgIpc) is 3.05. The molecule has 0 aliphatic carbocycles. The first-order valence-electron chi connectivity index (χ1n) is 9.23. The standard InChI is InChI=1S/C23H28N2O/c1-22(2,18-10-6-5-7-11-18)23(3,4)21(26)24-15-14-17-16-25-20-13-9-8-12-19(17)20/h5-13,16,25H,14-15H2,1-4H3,(H,24,26). The van der Waals surface area contributed by atoms with Gasteiger partial charge in [-0.2, -0.15) is 0 Å². The van der Waals surface area contributed by atoms with Gasteiger partial charge in [-0.15, -0.1) is 0 Å². The molecule has 0 spiro atoms. The number of carbonyl (C=O) groups excluding carboxylic acids is 1. The maximum Gasteiger partial charge on any atom is 0.226 e. The van der Waals surface area contributed by atoms with E-state index in [4.69, 9.17) is 0 Å². The Labute approximate surface area is 155 Å². The van der Waals surface area contributed by atoms with Crippen molar-refractivity contribution in [1.29, 1.82) is 0 Å². The van der Waals surface area contributed by atoms with Crippen molar-refractivity contribution in [3.05, 3.63) is 71.9 Å². The number of aromatic amines is 1. The minimum absolute atomic E-state index is 0.0891. The second-order valence-corrected chi connectivity index (χ2v) is 7.98. The Bertz CT molecular complexity index is 891. The van der Waals surface area contributed by atoms with Crippen LogP contribution in [-0.2, 0) is 16.6 Å². The first-order chi connectivity index (χ1) is 12.3. The predicted octanol–water partition coefficient (Wildman–Crippen LogP) is 4.83. The zero-order chi connectivity index (χ0) is 18.8. The summed E-state index contributed by atoms with van der Waals surface area (Å²) in [4.78, 5) is 16.2. The third-order valence-electron chi connectivity index (χ3n) is 5.98. The number of rotatable bonds is 6. The molecule has 2 aromatic carbocycles. The number of hydrogen-bond acceptors (Lipinski definition) is 1. The minimum atomic E-state index is -0.519. The zero-order valence-electron chi connectivity index (χ0n) is 16.1. The van der Waals surface area contributed by atoms with E-state index in [1.165, 1.54) is 16.5 Å². The third-order valence-corrected chi connectivity index (χ3v) is 5.98. The molecular weight excluding hydrogens is 320 g/mol. The molecule has 3 nitrogen and oxygen atoms in total. The molecule has 26 heavy (non-hydrogen) atoms. The maximum absolute atomic E-state index is 13.0. The molecule has 0 aliphatic heterocycles. The highest BCUT2D eigenvalue weighted by Gasteiger charge is 2.43. The Hall–Kier alpha value is -2.55. The highest BCUT2D eigenvalue weighted by Crippen LogP contribution is 2.41. The van der Waals surface area contributed by atoms with Gasteiger partial charge in [0.25, 0.3) is 0 Å². The SMILES string of the molecule is CC(C)(C(=O)NCCc1c[nH]c2ccccc12)C(C)(C)c1ccccc1. The van der Waals surface area contributed by atoms with Crippen LogP contribution in [0.4, 0.5) is 0 Å². The number of hydrogen-bond donors (Lipinski definition) is 2. The molecule has 3 aromatic rings. The summed E-state index contributed by atoms with van der Waals surface area (Å²) < 4.78 is 0. The lowest BCUT2D eigenvalue weighted by atomic mass is 9.63. The first-order valence-corrected chi connectivity index (χ1v) is 9.23. The number of amides is 1. The Morgan fingerprint density at radius 2 is 1.62 bits per heavy atom. The van der Waals surface area contributed by atoms with Gasteiger partial charge in [-0.25, -0.2) is 0 Å². The van der Waals surface area contributed by atoms with Crippen LogP contribution in [0.3, 0.4) is 0 Å². The lowest BCUT2D eigenvalue weighted by Gasteiger charge is -2.40. The van der Waals surface area contributed by atoms with Gasteiger partial charge in [-0.3, -0.25) is 4.79 Å². The third kappa shape index (κ3) is 3.26. The Kier molecular flexibility index (Phi) is 4.90. The molecule has 0 bridgehead atoms. The van der Waals surface area contributed by atoms with Gasteiger partial charge < -0.3 is 10.3 Å². The molecule has 3 heteroatoms. The van der Waals surface area contributed by atoms with Crippen LogP contribution in [0.1, 0.15) is 38.8 Å². The summed E-state index contributed by atoms with van der Waals surface area (Å²) in [6.07, 6.45) is 2.85. The monoisotopic (exact) mass is 348 g/mol. The number of H-pyrrole nitrogens is 1. The van der Waals surface area contributed by atoms with E-state index in [1.807, 2.05) is 50.4 Å². The quantitative estimate of drug-likeness (QED) is 0.658. The molecule has 0 atom stereocenters. The number of para-hydroxylation sites is 1. The van der Waals surface area contributed by atoms with E-state index in [-0.39, 0.29) is 11.3 Å². The van der Waals surface area contributed by atoms with Crippen molar-refractivity contribution in [3.63, 3.8) is 0 Å². The van der Waals surface area contributed by atoms with Crippen LogP contribution in [0, 0.1) is 5.41 Å². The van der Waals surface area contributed by atoms with Crippen LogP contribution in [-0.4, -0.2) is 17.4 Å². The first kappa shape index (κ1) is 18.2. The molecule has 0 unspecified atom stereocenters. The topological polar surface area (TPSA) is 44.9 Å². The van der Waals surface area contributed by atoms with Crippen LogP contribution in [0.15, 0.2) is 60.8 Å². The van der Waals surface area contributed by atoms with E-state index in [2.05, 4.69) is 48.4 Å². The molecule has 1 heterocycles. The molecule has 0 radical (unpaired) electrons. The minimum Gasteiger partial charge on any atom is -0.361 e. The summed E-state index contributed by atoms with van der Waals surface area (Å²) in [5.74, 6) is 0.0891. The van der Waals surface area contributed by atoms with Crippen LogP contribution < -0.4 is 5.32 Å². The molecule has 0 saturated heterocycles. The summed E-state index contributed by atoms with van der Waals surface area (Å²) in [5.41, 5.74) is 2.77. The van der Waals surface area contributed by atoms with E-state index in [9.17, 15) is 4.79 Å². The molecule has 0 saturated carbocycles. The van der Waals surface area contributed by atoms with Gasteiger partial charge in [0.05, 0.1) is 5.41 Å². The summed E-state index contributed by atoms with van der Waals surface area (Å²) in [6, 6.07) is 18.5. The van der Waals surface area contributed by atoms with Crippen molar-refractivity contribution in [1.82, 2.24) is 10.3 Å². The van der Waals surface area contributed by atoms with Crippen molar-refractivity contribution in [2.24, 2.45) is 5.41 Å².